The minimum atomic E-state index is 0.597. The highest BCUT2D eigenvalue weighted by Crippen LogP contribution is 2.25. The maximum absolute atomic E-state index is 5.39. The summed E-state index contributed by atoms with van der Waals surface area (Å²) in [5.41, 5.74) is 3.42. The molecule has 1 heterocycles. The predicted octanol–water partition coefficient (Wildman–Crippen LogP) is 4.56. The second-order valence-electron chi connectivity index (χ2n) is 5.99. The Morgan fingerprint density at radius 2 is 1.92 bits per heavy atom. The number of aryl methyl sites for hydroxylation is 1. The van der Waals surface area contributed by atoms with Gasteiger partial charge in [0.15, 0.2) is 0 Å². The lowest BCUT2D eigenvalue weighted by atomic mass is 10.2. The molecular weight excluding hydrogens is 324 g/mol. The van der Waals surface area contributed by atoms with Crippen molar-refractivity contribution in [2.24, 2.45) is 0 Å². The van der Waals surface area contributed by atoms with Gasteiger partial charge in [0.05, 0.1) is 7.11 Å². The molecule has 134 valence electrons. The highest BCUT2D eigenvalue weighted by molar-refractivity contribution is 5.61. The third-order valence-electron chi connectivity index (χ3n) is 4.18. The van der Waals surface area contributed by atoms with Gasteiger partial charge in [-0.3, -0.25) is 0 Å². The second-order valence-corrected chi connectivity index (χ2v) is 5.99. The van der Waals surface area contributed by atoms with E-state index in [0.29, 0.717) is 12.5 Å². The zero-order valence-electron chi connectivity index (χ0n) is 15.4. The number of ether oxygens (including phenoxy) is 1. The van der Waals surface area contributed by atoms with Crippen LogP contribution in [0.25, 0.3) is 0 Å². The maximum atomic E-state index is 5.39. The topological polar surface area (TPSA) is 50.3 Å². The molecule has 0 bridgehead atoms. The van der Waals surface area contributed by atoms with E-state index < -0.39 is 0 Å². The number of nitrogens with zero attached hydrogens (tertiary/aromatic N) is 3. The molecule has 0 saturated carbocycles. The van der Waals surface area contributed by atoms with E-state index in [1.807, 2.05) is 30.3 Å². The molecule has 0 fully saturated rings. The molecule has 0 saturated heterocycles. The van der Waals surface area contributed by atoms with Gasteiger partial charge in [0.1, 0.15) is 11.6 Å². The van der Waals surface area contributed by atoms with Gasteiger partial charge in [0.25, 0.3) is 0 Å². The fraction of sp³-hybridized carbons (Fsp3) is 0.238. The third kappa shape index (κ3) is 4.11. The summed E-state index contributed by atoms with van der Waals surface area (Å²) in [7, 11) is 1.68. The molecule has 0 radical (unpaired) electrons. The lowest BCUT2D eigenvalue weighted by Crippen LogP contribution is -2.18. The molecule has 0 aliphatic carbocycles. The minimum absolute atomic E-state index is 0.597. The van der Waals surface area contributed by atoms with E-state index in [1.165, 1.54) is 5.56 Å². The fourth-order valence-electron chi connectivity index (χ4n) is 2.88. The van der Waals surface area contributed by atoms with Crippen LogP contribution in [0.15, 0.2) is 60.8 Å². The summed E-state index contributed by atoms with van der Waals surface area (Å²) < 4.78 is 5.39. The second kappa shape index (κ2) is 8.34. The fourth-order valence-corrected chi connectivity index (χ4v) is 2.88. The molecule has 26 heavy (non-hydrogen) atoms. The first-order valence-corrected chi connectivity index (χ1v) is 8.74. The van der Waals surface area contributed by atoms with Crippen molar-refractivity contribution in [3.8, 4) is 5.75 Å². The van der Waals surface area contributed by atoms with Gasteiger partial charge in [-0.1, -0.05) is 30.3 Å². The van der Waals surface area contributed by atoms with Crippen LogP contribution in [0.2, 0.25) is 0 Å². The predicted molar refractivity (Wildman–Crippen MR) is 106 cm³/mol. The standard InChI is InChI=1S/C21H24N4O/c1-4-25(18-10-7-8-16(2)14-18)20-12-13-22-21(24-20)23-15-17-9-5-6-11-19(17)26-3/h5-14H,4,15H2,1-3H3,(H,22,23,24). The van der Waals surface area contributed by atoms with E-state index in [2.05, 4.69) is 58.3 Å². The number of aromatic nitrogens is 2. The zero-order valence-corrected chi connectivity index (χ0v) is 15.4. The van der Waals surface area contributed by atoms with E-state index in [9.17, 15) is 0 Å². The van der Waals surface area contributed by atoms with Crippen molar-refractivity contribution in [1.29, 1.82) is 0 Å². The van der Waals surface area contributed by atoms with Crippen LogP contribution in [0.3, 0.4) is 0 Å². The normalized spacial score (nSPS) is 10.4. The smallest absolute Gasteiger partial charge is 0.224 e. The number of hydrogen-bond acceptors (Lipinski definition) is 5. The SMILES string of the molecule is CCN(c1cccc(C)c1)c1ccnc(NCc2ccccc2OC)n1. The Bertz CT molecular complexity index is 866. The number of nitrogens with one attached hydrogen (secondary N) is 1. The van der Waals surface area contributed by atoms with Gasteiger partial charge in [0.2, 0.25) is 5.95 Å². The molecule has 0 spiro atoms. The lowest BCUT2D eigenvalue weighted by molar-refractivity contribution is 0.410. The summed E-state index contributed by atoms with van der Waals surface area (Å²) >= 11 is 0. The average molecular weight is 348 g/mol. The molecular formula is C21H24N4O. The van der Waals surface area contributed by atoms with Crippen LogP contribution < -0.4 is 15.0 Å². The van der Waals surface area contributed by atoms with Gasteiger partial charge in [0, 0.05) is 30.5 Å². The van der Waals surface area contributed by atoms with Crippen molar-refractivity contribution >= 4 is 17.5 Å². The first-order chi connectivity index (χ1) is 12.7. The van der Waals surface area contributed by atoms with E-state index in [4.69, 9.17) is 4.74 Å². The first-order valence-electron chi connectivity index (χ1n) is 8.74. The molecule has 3 aromatic rings. The van der Waals surface area contributed by atoms with Gasteiger partial charge < -0.3 is 15.0 Å². The number of rotatable bonds is 7. The van der Waals surface area contributed by atoms with Gasteiger partial charge >= 0.3 is 0 Å². The summed E-state index contributed by atoms with van der Waals surface area (Å²) in [4.78, 5) is 11.2. The number of para-hydroxylation sites is 1. The minimum Gasteiger partial charge on any atom is -0.496 e. The summed E-state index contributed by atoms with van der Waals surface area (Å²) in [5.74, 6) is 2.32. The van der Waals surface area contributed by atoms with Crippen molar-refractivity contribution in [2.75, 3.05) is 23.9 Å². The molecule has 1 N–H and O–H groups in total. The molecule has 1 aromatic heterocycles. The average Bonchev–Trinajstić information content (AvgIpc) is 2.68. The highest BCUT2D eigenvalue weighted by Gasteiger charge is 2.10. The van der Waals surface area contributed by atoms with E-state index in [0.717, 1.165) is 29.4 Å². The third-order valence-corrected chi connectivity index (χ3v) is 4.18. The lowest BCUT2D eigenvalue weighted by Gasteiger charge is -2.22. The molecule has 0 unspecified atom stereocenters. The van der Waals surface area contributed by atoms with Crippen LogP contribution >= 0.6 is 0 Å². The summed E-state index contributed by atoms with van der Waals surface area (Å²) in [6.45, 7) is 5.64. The Hall–Kier alpha value is -3.08. The zero-order chi connectivity index (χ0) is 18.4. The van der Waals surface area contributed by atoms with Crippen molar-refractivity contribution < 1.29 is 4.74 Å². The number of methoxy groups -OCH3 is 1. The molecule has 2 aromatic carbocycles. The summed E-state index contributed by atoms with van der Waals surface area (Å²) in [6, 6.07) is 18.3. The van der Waals surface area contributed by atoms with Crippen molar-refractivity contribution in [1.82, 2.24) is 9.97 Å². The van der Waals surface area contributed by atoms with E-state index in [-0.39, 0.29) is 0 Å². The summed E-state index contributed by atoms with van der Waals surface area (Å²) in [5, 5.41) is 3.29. The van der Waals surface area contributed by atoms with Crippen LogP contribution in [0.4, 0.5) is 17.5 Å². The Balaban J connectivity index is 1.79. The highest BCUT2D eigenvalue weighted by atomic mass is 16.5. The van der Waals surface area contributed by atoms with Gasteiger partial charge in [-0.25, -0.2) is 4.98 Å². The van der Waals surface area contributed by atoms with Crippen molar-refractivity contribution in [3.05, 3.63) is 71.9 Å². The van der Waals surface area contributed by atoms with Crippen LogP contribution in [-0.4, -0.2) is 23.6 Å². The maximum Gasteiger partial charge on any atom is 0.224 e. The Kier molecular flexibility index (Phi) is 5.69. The molecule has 5 nitrogen and oxygen atoms in total. The Morgan fingerprint density at radius 1 is 1.08 bits per heavy atom. The number of anilines is 3. The van der Waals surface area contributed by atoms with Crippen molar-refractivity contribution in [3.63, 3.8) is 0 Å². The molecule has 0 amide bonds. The van der Waals surface area contributed by atoms with E-state index >= 15 is 0 Å². The quantitative estimate of drug-likeness (QED) is 0.678. The van der Waals surface area contributed by atoms with Crippen LogP contribution in [0.5, 0.6) is 5.75 Å². The van der Waals surface area contributed by atoms with Crippen LogP contribution in [-0.2, 0) is 6.54 Å². The van der Waals surface area contributed by atoms with Crippen LogP contribution in [0.1, 0.15) is 18.1 Å². The Labute approximate surface area is 154 Å². The van der Waals surface area contributed by atoms with Crippen LogP contribution in [0, 0.1) is 6.92 Å². The largest absolute Gasteiger partial charge is 0.496 e. The number of hydrogen-bond donors (Lipinski definition) is 1. The molecule has 5 heteroatoms. The molecule has 0 aliphatic heterocycles. The molecule has 0 aliphatic rings. The molecule has 0 atom stereocenters. The molecule has 3 rings (SSSR count). The van der Waals surface area contributed by atoms with Crippen molar-refractivity contribution in [2.45, 2.75) is 20.4 Å². The summed E-state index contributed by atoms with van der Waals surface area (Å²) in [6.07, 6.45) is 1.78. The van der Waals surface area contributed by atoms with Gasteiger partial charge in [-0.05, 0) is 43.7 Å². The Morgan fingerprint density at radius 3 is 2.69 bits per heavy atom. The van der Waals surface area contributed by atoms with Gasteiger partial charge in [-0.15, -0.1) is 0 Å². The van der Waals surface area contributed by atoms with Gasteiger partial charge in [-0.2, -0.15) is 4.98 Å². The number of benzene rings is 2. The first kappa shape index (κ1) is 17.7. The van der Waals surface area contributed by atoms with E-state index in [1.54, 1.807) is 13.3 Å². The monoisotopic (exact) mass is 348 g/mol.